The SMILES string of the molecule is CC(C)NC(=O)NCc1ccc(C(=O)N[C@H](C)C(C)C)cc1. The van der Waals surface area contributed by atoms with Gasteiger partial charge in [0.25, 0.3) is 5.91 Å². The fourth-order valence-electron chi connectivity index (χ4n) is 1.73. The number of nitrogens with one attached hydrogen (secondary N) is 3. The molecule has 0 aliphatic heterocycles. The highest BCUT2D eigenvalue weighted by atomic mass is 16.2. The van der Waals surface area contributed by atoms with E-state index in [2.05, 4.69) is 29.8 Å². The molecule has 3 amide bonds. The van der Waals surface area contributed by atoms with Crippen LogP contribution in [0, 0.1) is 5.92 Å². The summed E-state index contributed by atoms with van der Waals surface area (Å²) >= 11 is 0. The number of carbonyl (C=O) groups excluding carboxylic acids is 2. The second-order valence-electron chi connectivity index (χ2n) is 6.18. The van der Waals surface area contributed by atoms with Gasteiger partial charge in [0.15, 0.2) is 0 Å². The molecule has 122 valence electrons. The van der Waals surface area contributed by atoms with Gasteiger partial charge in [-0.15, -0.1) is 0 Å². The van der Waals surface area contributed by atoms with Crippen molar-refractivity contribution >= 4 is 11.9 Å². The molecule has 22 heavy (non-hydrogen) atoms. The van der Waals surface area contributed by atoms with E-state index in [1.165, 1.54) is 0 Å². The Labute approximate surface area is 132 Å². The van der Waals surface area contributed by atoms with Crippen LogP contribution in [0.25, 0.3) is 0 Å². The van der Waals surface area contributed by atoms with Gasteiger partial charge in [-0.2, -0.15) is 0 Å². The van der Waals surface area contributed by atoms with Crippen LogP contribution in [0.15, 0.2) is 24.3 Å². The molecular weight excluding hydrogens is 278 g/mol. The van der Waals surface area contributed by atoms with Gasteiger partial charge < -0.3 is 16.0 Å². The summed E-state index contributed by atoms with van der Waals surface area (Å²) in [6.07, 6.45) is 0. The molecule has 0 saturated carbocycles. The highest BCUT2D eigenvalue weighted by Crippen LogP contribution is 2.06. The number of hydrogen-bond acceptors (Lipinski definition) is 2. The lowest BCUT2D eigenvalue weighted by atomic mass is 10.1. The summed E-state index contributed by atoms with van der Waals surface area (Å²) in [5.41, 5.74) is 1.58. The molecule has 0 saturated heterocycles. The van der Waals surface area contributed by atoms with Crippen LogP contribution in [0.3, 0.4) is 0 Å². The quantitative estimate of drug-likeness (QED) is 0.756. The van der Waals surface area contributed by atoms with Crippen LogP contribution in [0.2, 0.25) is 0 Å². The minimum atomic E-state index is -0.192. The van der Waals surface area contributed by atoms with Gasteiger partial charge in [0.2, 0.25) is 0 Å². The van der Waals surface area contributed by atoms with Crippen molar-refractivity contribution in [1.29, 1.82) is 0 Å². The van der Waals surface area contributed by atoms with Crippen LogP contribution in [-0.2, 0) is 6.54 Å². The number of carbonyl (C=O) groups is 2. The van der Waals surface area contributed by atoms with E-state index in [0.717, 1.165) is 5.56 Å². The van der Waals surface area contributed by atoms with Crippen molar-refractivity contribution < 1.29 is 9.59 Å². The first-order chi connectivity index (χ1) is 10.3. The average molecular weight is 305 g/mol. The summed E-state index contributed by atoms with van der Waals surface area (Å²) < 4.78 is 0. The Morgan fingerprint density at radius 3 is 2.05 bits per heavy atom. The zero-order valence-electron chi connectivity index (χ0n) is 14.1. The van der Waals surface area contributed by atoms with Gasteiger partial charge in [0, 0.05) is 24.2 Å². The molecule has 0 aromatic heterocycles. The summed E-state index contributed by atoms with van der Waals surface area (Å²) in [6.45, 7) is 10.4. The van der Waals surface area contributed by atoms with E-state index >= 15 is 0 Å². The zero-order valence-corrected chi connectivity index (χ0v) is 14.1. The first kappa shape index (κ1) is 18.0. The smallest absolute Gasteiger partial charge is 0.315 e. The number of benzene rings is 1. The normalized spacial score (nSPS) is 12.1. The molecule has 0 fully saturated rings. The van der Waals surface area contributed by atoms with Crippen molar-refractivity contribution in [2.24, 2.45) is 5.92 Å². The standard InChI is InChI=1S/C17H27N3O2/c1-11(2)13(5)20-16(21)15-8-6-14(7-9-15)10-18-17(22)19-12(3)4/h6-9,11-13H,10H2,1-5H3,(H,20,21)(H2,18,19,22)/t13-/m1/s1. The lowest BCUT2D eigenvalue weighted by Gasteiger charge is -2.17. The van der Waals surface area contributed by atoms with Crippen LogP contribution in [0.1, 0.15) is 50.5 Å². The van der Waals surface area contributed by atoms with Gasteiger partial charge in [-0.3, -0.25) is 4.79 Å². The van der Waals surface area contributed by atoms with Crippen LogP contribution in [0.5, 0.6) is 0 Å². The van der Waals surface area contributed by atoms with E-state index < -0.39 is 0 Å². The third kappa shape index (κ3) is 6.16. The molecule has 0 heterocycles. The molecule has 0 aliphatic carbocycles. The third-order valence-electron chi connectivity index (χ3n) is 3.45. The molecule has 1 rings (SSSR count). The van der Waals surface area contributed by atoms with Gasteiger partial charge in [0.05, 0.1) is 0 Å². The Kier molecular flexibility index (Phi) is 6.89. The monoisotopic (exact) mass is 305 g/mol. The van der Waals surface area contributed by atoms with E-state index in [9.17, 15) is 9.59 Å². The van der Waals surface area contributed by atoms with E-state index in [1.807, 2.05) is 32.9 Å². The van der Waals surface area contributed by atoms with E-state index in [0.29, 0.717) is 18.0 Å². The molecule has 1 atom stereocenters. The summed E-state index contributed by atoms with van der Waals surface area (Å²) in [4.78, 5) is 23.6. The van der Waals surface area contributed by atoms with Crippen LogP contribution in [-0.4, -0.2) is 24.0 Å². The molecular formula is C17H27N3O2. The molecule has 0 radical (unpaired) electrons. The average Bonchev–Trinajstić information content (AvgIpc) is 2.44. The van der Waals surface area contributed by atoms with Gasteiger partial charge in [-0.05, 0) is 44.4 Å². The van der Waals surface area contributed by atoms with Gasteiger partial charge in [-0.1, -0.05) is 26.0 Å². The largest absolute Gasteiger partial charge is 0.349 e. The second kappa shape index (κ2) is 8.41. The van der Waals surface area contributed by atoms with Crippen molar-refractivity contribution in [2.75, 3.05) is 0 Å². The summed E-state index contributed by atoms with van der Waals surface area (Å²) in [6, 6.07) is 7.31. The van der Waals surface area contributed by atoms with Crippen molar-refractivity contribution in [3.63, 3.8) is 0 Å². The topological polar surface area (TPSA) is 70.2 Å². The number of amides is 3. The molecule has 0 spiro atoms. The lowest BCUT2D eigenvalue weighted by Crippen LogP contribution is -2.39. The van der Waals surface area contributed by atoms with Crippen molar-refractivity contribution in [1.82, 2.24) is 16.0 Å². The predicted molar refractivity (Wildman–Crippen MR) is 88.7 cm³/mol. The Hall–Kier alpha value is -2.04. The molecule has 0 bridgehead atoms. The third-order valence-corrected chi connectivity index (χ3v) is 3.45. The maximum absolute atomic E-state index is 12.1. The predicted octanol–water partition coefficient (Wildman–Crippen LogP) is 2.67. The fraction of sp³-hybridized carbons (Fsp3) is 0.529. The second-order valence-corrected chi connectivity index (χ2v) is 6.18. The van der Waals surface area contributed by atoms with Crippen molar-refractivity contribution in [3.05, 3.63) is 35.4 Å². The Morgan fingerprint density at radius 1 is 0.955 bits per heavy atom. The highest BCUT2D eigenvalue weighted by Gasteiger charge is 2.12. The molecule has 0 unspecified atom stereocenters. The summed E-state index contributed by atoms with van der Waals surface area (Å²) in [7, 11) is 0. The highest BCUT2D eigenvalue weighted by molar-refractivity contribution is 5.94. The first-order valence-electron chi connectivity index (χ1n) is 7.73. The summed E-state index contributed by atoms with van der Waals surface area (Å²) in [5, 5.41) is 8.50. The lowest BCUT2D eigenvalue weighted by molar-refractivity contribution is 0.0930. The Morgan fingerprint density at radius 2 is 1.55 bits per heavy atom. The Balaban J connectivity index is 2.52. The van der Waals surface area contributed by atoms with Gasteiger partial charge in [-0.25, -0.2) is 4.79 Å². The molecule has 1 aromatic rings. The van der Waals surface area contributed by atoms with E-state index in [-0.39, 0.29) is 24.0 Å². The minimum absolute atomic E-state index is 0.0711. The maximum atomic E-state index is 12.1. The van der Waals surface area contributed by atoms with Crippen LogP contribution >= 0.6 is 0 Å². The maximum Gasteiger partial charge on any atom is 0.315 e. The molecule has 5 nitrogen and oxygen atoms in total. The van der Waals surface area contributed by atoms with Crippen molar-refractivity contribution in [3.8, 4) is 0 Å². The van der Waals surface area contributed by atoms with Crippen LogP contribution in [0.4, 0.5) is 4.79 Å². The van der Waals surface area contributed by atoms with Gasteiger partial charge in [0.1, 0.15) is 0 Å². The number of rotatable bonds is 6. The van der Waals surface area contributed by atoms with E-state index in [1.54, 1.807) is 12.1 Å². The van der Waals surface area contributed by atoms with E-state index in [4.69, 9.17) is 0 Å². The van der Waals surface area contributed by atoms with Crippen LogP contribution < -0.4 is 16.0 Å². The van der Waals surface area contributed by atoms with Crippen molar-refractivity contribution in [2.45, 2.75) is 53.2 Å². The number of hydrogen-bond donors (Lipinski definition) is 3. The summed E-state index contributed by atoms with van der Waals surface area (Å²) in [5.74, 6) is 0.324. The zero-order chi connectivity index (χ0) is 16.7. The fourth-order valence-corrected chi connectivity index (χ4v) is 1.73. The van der Waals surface area contributed by atoms with Gasteiger partial charge >= 0.3 is 6.03 Å². The minimum Gasteiger partial charge on any atom is -0.349 e. The number of urea groups is 1. The first-order valence-corrected chi connectivity index (χ1v) is 7.73. The molecule has 5 heteroatoms. The Bertz CT molecular complexity index is 495. The molecule has 1 aromatic carbocycles. The molecule has 0 aliphatic rings. The molecule has 3 N–H and O–H groups in total.